The molecule has 4 N–H and O–H groups in total. The van der Waals surface area contributed by atoms with Crippen LogP contribution in [-0.4, -0.2) is 11.0 Å². The molecule has 7 heteroatoms. The number of phenolic OH excluding ortho intramolecular Hbond substituents is 1. The number of anilines is 2. The average molecular weight is 404 g/mol. The van der Waals surface area contributed by atoms with Crippen molar-refractivity contribution in [2.75, 3.05) is 11.1 Å². The van der Waals surface area contributed by atoms with E-state index in [1.807, 2.05) is 0 Å². The Kier molecular flexibility index (Phi) is 4.29. The van der Waals surface area contributed by atoms with Crippen molar-refractivity contribution in [1.29, 1.82) is 0 Å². The maximum absolute atomic E-state index is 13.6. The smallest absolute Gasteiger partial charge is 0.258 e. The van der Waals surface area contributed by atoms with Crippen LogP contribution in [0.25, 0.3) is 0 Å². The number of aromatic hydroxyl groups is 1. The van der Waals surface area contributed by atoms with E-state index < -0.39 is 11.7 Å². The zero-order valence-electron chi connectivity index (χ0n) is 9.95. The fraction of sp³-hybridized carbons (Fsp3) is 0. The summed E-state index contributed by atoms with van der Waals surface area (Å²) in [7, 11) is 0. The second-order valence-electron chi connectivity index (χ2n) is 3.98. The quantitative estimate of drug-likeness (QED) is 0.666. The van der Waals surface area contributed by atoms with Crippen LogP contribution >= 0.6 is 31.9 Å². The Labute approximate surface area is 131 Å². The predicted octanol–water partition coefficient (Wildman–Crippen LogP) is 3.89. The summed E-state index contributed by atoms with van der Waals surface area (Å²) < 4.78 is 14.7. The lowest BCUT2D eigenvalue weighted by Gasteiger charge is -2.11. The Morgan fingerprint density at radius 1 is 1.20 bits per heavy atom. The molecule has 104 valence electrons. The van der Waals surface area contributed by atoms with E-state index in [0.717, 1.165) is 6.07 Å². The molecule has 2 rings (SSSR count). The number of phenols is 1. The Morgan fingerprint density at radius 2 is 1.80 bits per heavy atom. The SMILES string of the molecule is Nc1cc(Br)c(NC(=O)c2ccc(O)cc2F)c(Br)c1. The summed E-state index contributed by atoms with van der Waals surface area (Å²) in [5.41, 5.74) is 6.44. The fourth-order valence-corrected chi connectivity index (χ4v) is 3.00. The van der Waals surface area contributed by atoms with E-state index in [-0.39, 0.29) is 11.3 Å². The van der Waals surface area contributed by atoms with Gasteiger partial charge in [-0.15, -0.1) is 0 Å². The molecule has 0 aliphatic carbocycles. The minimum Gasteiger partial charge on any atom is -0.508 e. The van der Waals surface area contributed by atoms with Crippen LogP contribution in [0.5, 0.6) is 5.75 Å². The van der Waals surface area contributed by atoms with Crippen LogP contribution in [0.4, 0.5) is 15.8 Å². The first kappa shape index (κ1) is 14.8. The van der Waals surface area contributed by atoms with Crippen molar-refractivity contribution in [3.8, 4) is 5.75 Å². The second kappa shape index (κ2) is 5.80. The van der Waals surface area contributed by atoms with Crippen LogP contribution in [0.15, 0.2) is 39.3 Å². The van der Waals surface area contributed by atoms with Gasteiger partial charge in [-0.05, 0) is 56.1 Å². The van der Waals surface area contributed by atoms with Gasteiger partial charge < -0.3 is 16.2 Å². The van der Waals surface area contributed by atoms with E-state index in [1.165, 1.54) is 12.1 Å². The van der Waals surface area contributed by atoms with Gasteiger partial charge in [-0.3, -0.25) is 4.79 Å². The maximum atomic E-state index is 13.6. The maximum Gasteiger partial charge on any atom is 0.258 e. The van der Waals surface area contributed by atoms with E-state index in [2.05, 4.69) is 37.2 Å². The molecule has 0 aliphatic rings. The van der Waals surface area contributed by atoms with Gasteiger partial charge in [0.25, 0.3) is 5.91 Å². The summed E-state index contributed by atoms with van der Waals surface area (Å²) in [6, 6.07) is 6.56. The van der Waals surface area contributed by atoms with Gasteiger partial charge in [0.1, 0.15) is 11.6 Å². The number of hydrogen-bond acceptors (Lipinski definition) is 3. The van der Waals surface area contributed by atoms with Crippen LogP contribution in [0.2, 0.25) is 0 Å². The summed E-state index contributed by atoms with van der Waals surface area (Å²) >= 11 is 6.54. The molecule has 0 radical (unpaired) electrons. The molecule has 0 aromatic heterocycles. The summed E-state index contributed by atoms with van der Waals surface area (Å²) in [6.07, 6.45) is 0. The number of rotatable bonds is 2. The lowest BCUT2D eigenvalue weighted by Crippen LogP contribution is -2.14. The Bertz CT molecular complexity index is 669. The van der Waals surface area contributed by atoms with Crippen LogP contribution in [0, 0.1) is 5.82 Å². The highest BCUT2D eigenvalue weighted by Crippen LogP contribution is 2.33. The van der Waals surface area contributed by atoms with Crippen molar-refractivity contribution in [2.24, 2.45) is 0 Å². The van der Waals surface area contributed by atoms with Crippen molar-refractivity contribution in [1.82, 2.24) is 0 Å². The minimum absolute atomic E-state index is 0.168. The van der Waals surface area contributed by atoms with Gasteiger partial charge in [-0.2, -0.15) is 0 Å². The summed E-state index contributed by atoms with van der Waals surface area (Å²) in [5.74, 6) is -1.67. The molecule has 4 nitrogen and oxygen atoms in total. The normalized spacial score (nSPS) is 10.3. The van der Waals surface area contributed by atoms with Crippen LogP contribution in [0.3, 0.4) is 0 Å². The van der Waals surface area contributed by atoms with Crippen LogP contribution in [0.1, 0.15) is 10.4 Å². The number of amides is 1. The summed E-state index contributed by atoms with van der Waals surface area (Å²) in [5, 5.41) is 11.7. The molecule has 1 amide bonds. The van der Waals surface area contributed by atoms with Gasteiger partial charge in [0.15, 0.2) is 0 Å². The highest BCUT2D eigenvalue weighted by Gasteiger charge is 2.15. The topological polar surface area (TPSA) is 75.3 Å². The molecule has 0 heterocycles. The van der Waals surface area contributed by atoms with Crippen molar-refractivity contribution in [2.45, 2.75) is 0 Å². The minimum atomic E-state index is -0.801. The number of carbonyl (C=O) groups is 1. The van der Waals surface area contributed by atoms with Gasteiger partial charge in [-0.25, -0.2) is 4.39 Å². The van der Waals surface area contributed by atoms with Gasteiger partial charge in [-0.1, -0.05) is 0 Å². The molecule has 20 heavy (non-hydrogen) atoms. The molecule has 0 spiro atoms. The van der Waals surface area contributed by atoms with E-state index in [9.17, 15) is 9.18 Å². The number of benzene rings is 2. The monoisotopic (exact) mass is 402 g/mol. The molecule has 0 aliphatic heterocycles. The molecule has 2 aromatic rings. The fourth-order valence-electron chi connectivity index (χ4n) is 1.58. The van der Waals surface area contributed by atoms with Crippen molar-refractivity contribution < 1.29 is 14.3 Å². The Balaban J connectivity index is 2.33. The Morgan fingerprint density at radius 3 is 2.35 bits per heavy atom. The van der Waals surface area contributed by atoms with Gasteiger partial charge >= 0.3 is 0 Å². The van der Waals surface area contributed by atoms with Crippen molar-refractivity contribution in [3.63, 3.8) is 0 Å². The first-order valence-electron chi connectivity index (χ1n) is 5.43. The molecule has 0 atom stereocenters. The standard InChI is InChI=1S/C13H9Br2FN2O2/c14-9-3-6(17)4-10(15)12(9)18-13(20)8-2-1-7(19)5-11(8)16/h1-5,19H,17H2,(H,18,20). The number of carbonyl (C=O) groups excluding carboxylic acids is 1. The molecule has 0 bridgehead atoms. The molecule has 0 unspecified atom stereocenters. The summed E-state index contributed by atoms with van der Waals surface area (Å²) in [4.78, 5) is 12.0. The van der Waals surface area contributed by atoms with E-state index >= 15 is 0 Å². The number of nitrogens with two attached hydrogens (primary N) is 1. The van der Waals surface area contributed by atoms with Crippen molar-refractivity contribution >= 4 is 49.1 Å². The zero-order valence-corrected chi connectivity index (χ0v) is 13.1. The molecular weight excluding hydrogens is 395 g/mol. The van der Waals surface area contributed by atoms with Crippen LogP contribution in [-0.2, 0) is 0 Å². The van der Waals surface area contributed by atoms with Gasteiger partial charge in [0, 0.05) is 20.7 Å². The number of nitrogens with one attached hydrogen (secondary N) is 1. The molecule has 0 saturated heterocycles. The lowest BCUT2D eigenvalue weighted by atomic mass is 10.2. The van der Waals surface area contributed by atoms with E-state index in [0.29, 0.717) is 20.3 Å². The Hall–Kier alpha value is -1.60. The van der Waals surface area contributed by atoms with Crippen molar-refractivity contribution in [3.05, 3.63) is 50.7 Å². The zero-order chi connectivity index (χ0) is 14.9. The first-order valence-corrected chi connectivity index (χ1v) is 7.01. The molecule has 0 saturated carbocycles. The predicted molar refractivity (Wildman–Crippen MR) is 82.3 cm³/mol. The summed E-state index contributed by atoms with van der Waals surface area (Å²) in [6.45, 7) is 0. The first-order chi connectivity index (χ1) is 9.38. The molecular formula is C13H9Br2FN2O2. The number of hydrogen-bond donors (Lipinski definition) is 3. The third-order valence-corrected chi connectivity index (χ3v) is 3.75. The highest BCUT2D eigenvalue weighted by atomic mass is 79.9. The largest absolute Gasteiger partial charge is 0.508 e. The third kappa shape index (κ3) is 3.10. The molecule has 2 aromatic carbocycles. The van der Waals surface area contributed by atoms with Gasteiger partial charge in [0.2, 0.25) is 0 Å². The van der Waals surface area contributed by atoms with Gasteiger partial charge in [0.05, 0.1) is 11.3 Å². The second-order valence-corrected chi connectivity index (χ2v) is 5.69. The highest BCUT2D eigenvalue weighted by molar-refractivity contribution is 9.11. The number of halogens is 3. The van der Waals surface area contributed by atoms with Crippen LogP contribution < -0.4 is 11.1 Å². The third-order valence-electron chi connectivity index (χ3n) is 2.50. The average Bonchev–Trinajstić information content (AvgIpc) is 2.33. The number of nitrogen functional groups attached to an aromatic ring is 1. The molecule has 0 fully saturated rings. The van der Waals surface area contributed by atoms with E-state index in [1.54, 1.807) is 12.1 Å². The van der Waals surface area contributed by atoms with E-state index in [4.69, 9.17) is 10.8 Å². The lowest BCUT2D eigenvalue weighted by molar-refractivity contribution is 0.102.